The van der Waals surface area contributed by atoms with Crippen LogP contribution in [-0.2, 0) is 10.4 Å². The average molecular weight is 433 g/mol. The van der Waals surface area contributed by atoms with E-state index < -0.39 is 11.4 Å². The molecule has 1 aromatic heterocycles. The summed E-state index contributed by atoms with van der Waals surface area (Å²) < 4.78 is 17.0. The molecule has 2 aromatic rings. The van der Waals surface area contributed by atoms with Gasteiger partial charge in [0.2, 0.25) is 11.9 Å². The van der Waals surface area contributed by atoms with E-state index in [0.717, 1.165) is 32.1 Å². The Morgan fingerprint density at radius 2 is 1.81 bits per heavy atom. The van der Waals surface area contributed by atoms with E-state index in [2.05, 4.69) is 49.5 Å². The molecule has 0 saturated heterocycles. The molecule has 0 radical (unpaired) electrons. The van der Waals surface area contributed by atoms with Gasteiger partial charge in [0.25, 0.3) is 0 Å². The average Bonchev–Trinajstić information content (AvgIpc) is 3.03. The van der Waals surface area contributed by atoms with E-state index in [1.54, 1.807) is 13.8 Å². The highest BCUT2D eigenvalue weighted by atomic mass is 19.1. The summed E-state index contributed by atoms with van der Waals surface area (Å²) in [6.45, 7) is 3.29. The number of carbonyl (C=O) groups excluding carboxylic acids is 1. The third-order valence-corrected chi connectivity index (χ3v) is 9.02. The van der Waals surface area contributed by atoms with Gasteiger partial charge in [0, 0.05) is 12.5 Å². The highest BCUT2D eigenvalue weighted by Crippen LogP contribution is 2.70. The van der Waals surface area contributed by atoms with Crippen molar-refractivity contribution in [3.8, 4) is 0 Å². The first-order valence-electron chi connectivity index (χ1n) is 11.9. The fourth-order valence-electron chi connectivity index (χ4n) is 5.67. The Kier molecular flexibility index (Phi) is 5.47. The number of nitrogens with zero attached hydrogens (tertiary/aromatic N) is 2. The number of anilines is 1. The van der Waals surface area contributed by atoms with Gasteiger partial charge in [0.1, 0.15) is 13.4 Å². The Morgan fingerprint density at radius 1 is 1.22 bits per heavy atom. The first-order valence-corrected chi connectivity index (χ1v) is 11.9. The Hall–Kier alpha value is -1.63. The second-order valence-electron chi connectivity index (χ2n) is 12.1. The number of benzene rings is 1. The highest BCUT2D eigenvalue weighted by Gasteiger charge is 2.55. The lowest BCUT2D eigenvalue weighted by Gasteiger charge is -2.48. The van der Waals surface area contributed by atoms with Crippen LogP contribution in [0.3, 0.4) is 0 Å². The summed E-state index contributed by atoms with van der Waals surface area (Å²) >= 11 is 0. The summed E-state index contributed by atoms with van der Waals surface area (Å²) in [5.74, 6) is -0.133. The van der Waals surface area contributed by atoms with E-state index in [0.29, 0.717) is 23.4 Å². The molecule has 166 valence electrons. The molecule has 0 atom stereocenters. The standard InChI is InChI=1S/C21H33B5FN3O2/c1-18(2,32)11-8-13(27)16-14(9-11)30(12-4-3-5-12)17(29-16)28-15(31)10-19(22)20(23,24)6-7-21(19,25)26/h8-9,12,32H,3-7,10,22-26H2,1-2H3,(H,28,29,31). The third kappa shape index (κ3) is 3.65. The lowest BCUT2D eigenvalue weighted by Crippen LogP contribution is -2.39. The van der Waals surface area contributed by atoms with Crippen LogP contribution in [0.25, 0.3) is 11.0 Å². The molecule has 0 unspecified atom stereocenters. The van der Waals surface area contributed by atoms with E-state index in [1.165, 1.54) is 6.07 Å². The van der Waals surface area contributed by atoms with Crippen LogP contribution in [0.5, 0.6) is 0 Å². The molecule has 11 heteroatoms. The highest BCUT2D eigenvalue weighted by molar-refractivity contribution is 6.53. The summed E-state index contributed by atoms with van der Waals surface area (Å²) in [4.78, 5) is 17.8. The zero-order chi connectivity index (χ0) is 23.7. The second-order valence-corrected chi connectivity index (χ2v) is 12.1. The van der Waals surface area contributed by atoms with Crippen molar-refractivity contribution < 1.29 is 14.3 Å². The number of halogens is 1. The number of nitrogens with one attached hydrogen (secondary N) is 1. The van der Waals surface area contributed by atoms with Gasteiger partial charge in [-0.05, 0) is 50.8 Å². The molecular weight excluding hydrogens is 399 g/mol. The van der Waals surface area contributed by atoms with Crippen LogP contribution in [0, 0.1) is 5.82 Å². The number of hydrogen-bond donors (Lipinski definition) is 2. The molecule has 2 N–H and O–H groups in total. The van der Waals surface area contributed by atoms with E-state index >= 15 is 0 Å². The molecule has 0 aliphatic heterocycles. The monoisotopic (exact) mass is 433 g/mol. The fraction of sp³-hybridized carbons (Fsp3) is 0.619. The van der Waals surface area contributed by atoms with E-state index in [4.69, 9.17) is 0 Å². The number of imidazole rings is 1. The van der Waals surface area contributed by atoms with Crippen molar-refractivity contribution in [3.05, 3.63) is 23.5 Å². The van der Waals surface area contributed by atoms with E-state index in [-0.39, 0.29) is 33.2 Å². The molecule has 1 heterocycles. The van der Waals surface area contributed by atoms with Crippen molar-refractivity contribution in [2.24, 2.45) is 0 Å². The topological polar surface area (TPSA) is 67.2 Å². The SMILES string of the molecule is BC1(B)CCC(B)(B)C1(B)CC(=O)Nc1nc2c(F)cc(C(C)(C)O)cc2n1C1CCC1. The molecular formula is C21H33B5FN3O2. The Balaban J connectivity index is 1.71. The molecule has 2 saturated carbocycles. The number of hydrogen-bond acceptors (Lipinski definition) is 3. The maximum absolute atomic E-state index is 15.0. The number of carbonyl (C=O) groups is 1. The van der Waals surface area contributed by atoms with Crippen LogP contribution >= 0.6 is 0 Å². The second kappa shape index (κ2) is 7.44. The molecule has 2 fully saturated rings. The number of aromatic nitrogens is 2. The molecule has 1 aromatic carbocycles. The Morgan fingerprint density at radius 3 is 2.31 bits per heavy atom. The quantitative estimate of drug-likeness (QED) is 0.644. The lowest BCUT2D eigenvalue weighted by molar-refractivity contribution is -0.117. The summed E-state index contributed by atoms with van der Waals surface area (Å²) in [6, 6.07) is 3.34. The maximum Gasteiger partial charge on any atom is 0.226 e. The van der Waals surface area contributed by atoms with E-state index in [1.807, 2.05) is 10.6 Å². The summed E-state index contributed by atoms with van der Waals surface area (Å²) in [6.07, 6.45) is 5.63. The Labute approximate surface area is 194 Å². The summed E-state index contributed by atoms with van der Waals surface area (Å²) in [5.41, 5.74) is 0.215. The first-order chi connectivity index (χ1) is 14.7. The molecule has 2 aliphatic carbocycles. The number of aliphatic hydroxyl groups is 1. The van der Waals surface area contributed by atoms with Gasteiger partial charge in [-0.2, -0.15) is 0 Å². The molecule has 1 amide bonds. The van der Waals surface area contributed by atoms with Gasteiger partial charge in [0.05, 0.1) is 42.5 Å². The third-order valence-electron chi connectivity index (χ3n) is 9.02. The zero-order valence-electron chi connectivity index (χ0n) is 20.6. The molecule has 2 aliphatic rings. The van der Waals surface area contributed by atoms with Gasteiger partial charge in [-0.1, -0.05) is 28.6 Å². The van der Waals surface area contributed by atoms with Crippen molar-refractivity contribution in [1.29, 1.82) is 0 Å². The predicted octanol–water partition coefficient (Wildman–Crippen LogP) is -0.193. The number of fused-ring (bicyclic) bond motifs is 1. The van der Waals surface area contributed by atoms with Gasteiger partial charge in [-0.25, -0.2) is 9.37 Å². The maximum atomic E-state index is 15.0. The lowest BCUT2D eigenvalue weighted by atomic mass is 9.26. The zero-order valence-corrected chi connectivity index (χ0v) is 20.6. The Bertz CT molecular complexity index is 1060. The number of amides is 1. The normalized spacial score (nSPS) is 22.0. The molecule has 32 heavy (non-hydrogen) atoms. The van der Waals surface area contributed by atoms with Crippen molar-refractivity contribution in [2.45, 2.75) is 79.8 Å². The van der Waals surface area contributed by atoms with Crippen LogP contribution in [0.2, 0.25) is 15.7 Å². The van der Waals surface area contributed by atoms with Gasteiger partial charge < -0.3 is 9.67 Å². The van der Waals surface area contributed by atoms with Crippen LogP contribution in [0.15, 0.2) is 12.1 Å². The van der Waals surface area contributed by atoms with Crippen LogP contribution in [0.4, 0.5) is 10.3 Å². The minimum atomic E-state index is -1.17. The summed E-state index contributed by atoms with van der Waals surface area (Å²) in [5, 5.41) is 13.4. The van der Waals surface area contributed by atoms with Gasteiger partial charge in [-0.15, -0.1) is 0 Å². The van der Waals surface area contributed by atoms with Crippen molar-refractivity contribution in [3.63, 3.8) is 0 Å². The predicted molar refractivity (Wildman–Crippen MR) is 141 cm³/mol. The summed E-state index contributed by atoms with van der Waals surface area (Å²) in [7, 11) is 11.3. The van der Waals surface area contributed by atoms with Crippen molar-refractivity contribution >= 4 is 62.1 Å². The molecule has 5 nitrogen and oxygen atoms in total. The molecule has 0 spiro atoms. The molecule has 0 bridgehead atoms. The smallest absolute Gasteiger partial charge is 0.226 e. The largest absolute Gasteiger partial charge is 0.386 e. The van der Waals surface area contributed by atoms with Crippen LogP contribution < -0.4 is 5.32 Å². The van der Waals surface area contributed by atoms with E-state index in [9.17, 15) is 14.3 Å². The number of rotatable bonds is 5. The van der Waals surface area contributed by atoms with Crippen LogP contribution in [0.1, 0.15) is 64.0 Å². The molecule has 4 rings (SSSR count). The fourth-order valence-corrected chi connectivity index (χ4v) is 5.67. The minimum absolute atomic E-state index is 0.0513. The van der Waals surface area contributed by atoms with Crippen LogP contribution in [-0.4, -0.2) is 59.8 Å². The van der Waals surface area contributed by atoms with Crippen molar-refractivity contribution in [1.82, 2.24) is 9.55 Å². The van der Waals surface area contributed by atoms with Gasteiger partial charge in [0.15, 0.2) is 5.82 Å². The first kappa shape index (κ1) is 23.5. The minimum Gasteiger partial charge on any atom is -0.386 e. The van der Waals surface area contributed by atoms with Gasteiger partial charge in [-0.3, -0.25) is 10.1 Å². The van der Waals surface area contributed by atoms with Crippen molar-refractivity contribution in [2.75, 3.05) is 5.32 Å². The van der Waals surface area contributed by atoms with Gasteiger partial charge >= 0.3 is 0 Å².